The molecule has 1 atom stereocenters. The second kappa shape index (κ2) is 9.32. The number of aliphatic imine (C=N–C) groups is 1. The summed E-state index contributed by atoms with van der Waals surface area (Å²) in [5.74, 6) is -2.68. The predicted octanol–water partition coefficient (Wildman–Crippen LogP) is 5.36. The van der Waals surface area contributed by atoms with Crippen molar-refractivity contribution in [1.82, 2.24) is 5.32 Å². The second-order valence-corrected chi connectivity index (χ2v) is 7.19. The monoisotopic (exact) mass is 445 g/mol. The lowest BCUT2D eigenvalue weighted by atomic mass is 10.1. The topological polar surface area (TPSA) is 104 Å². The third-order valence-electron chi connectivity index (χ3n) is 4.55. The Morgan fingerprint density at radius 1 is 0.781 bits per heavy atom. The summed E-state index contributed by atoms with van der Waals surface area (Å²) >= 11 is 5.86. The minimum atomic E-state index is -1.25. The molecule has 0 aliphatic carbocycles. The number of carbonyl (C=O) groups excluding carboxylic acids is 3. The zero-order valence-corrected chi connectivity index (χ0v) is 17.3. The Labute approximate surface area is 188 Å². The lowest BCUT2D eigenvalue weighted by molar-refractivity contribution is -0.131. The van der Waals surface area contributed by atoms with E-state index >= 15 is 0 Å². The van der Waals surface area contributed by atoms with E-state index in [4.69, 9.17) is 11.6 Å². The van der Waals surface area contributed by atoms with E-state index in [2.05, 4.69) is 20.5 Å². The number of nitrogens with one attached hydrogen (secondary N) is 1. The standard InChI is InChI=1S/C23H16ClN5O3/c24-15-6-12-19(13-7-15)29-22(31)20(21(30)26-23(29)32)14-25-16-8-10-18(11-9-16)28-27-17-4-2-1-3-5-17/h1-14,20H,(H,26,30,32)/t20-/m0/s1. The Balaban J connectivity index is 1.48. The van der Waals surface area contributed by atoms with Crippen LogP contribution in [0.15, 0.2) is 94.1 Å². The van der Waals surface area contributed by atoms with Crippen LogP contribution in [0, 0.1) is 5.92 Å². The molecule has 1 aliphatic rings. The zero-order chi connectivity index (χ0) is 22.5. The van der Waals surface area contributed by atoms with E-state index in [-0.39, 0.29) is 0 Å². The molecule has 158 valence electrons. The quantitative estimate of drug-likeness (QED) is 0.325. The SMILES string of the molecule is O=C1NC(=O)N(c2ccc(Cl)cc2)C(=O)[C@H]1C=Nc1ccc(N=Nc2ccccc2)cc1. The van der Waals surface area contributed by atoms with Crippen molar-refractivity contribution in [3.8, 4) is 0 Å². The normalized spacial score (nSPS) is 16.7. The van der Waals surface area contributed by atoms with Gasteiger partial charge in [0.2, 0.25) is 5.91 Å². The molecular weight excluding hydrogens is 430 g/mol. The first-order valence-electron chi connectivity index (χ1n) is 9.57. The molecule has 1 fully saturated rings. The summed E-state index contributed by atoms with van der Waals surface area (Å²) < 4.78 is 0. The lowest BCUT2D eigenvalue weighted by Gasteiger charge is -2.28. The highest BCUT2D eigenvalue weighted by Gasteiger charge is 2.40. The molecule has 9 heteroatoms. The van der Waals surface area contributed by atoms with Crippen molar-refractivity contribution < 1.29 is 14.4 Å². The van der Waals surface area contributed by atoms with Crippen LogP contribution in [0.5, 0.6) is 0 Å². The average Bonchev–Trinajstić information content (AvgIpc) is 2.80. The van der Waals surface area contributed by atoms with Gasteiger partial charge in [0.05, 0.1) is 22.7 Å². The van der Waals surface area contributed by atoms with Gasteiger partial charge in [-0.05, 0) is 60.7 Å². The van der Waals surface area contributed by atoms with Gasteiger partial charge in [0, 0.05) is 11.2 Å². The molecule has 0 saturated carbocycles. The molecule has 1 heterocycles. The fourth-order valence-electron chi connectivity index (χ4n) is 2.93. The first-order valence-corrected chi connectivity index (χ1v) is 9.94. The Bertz CT molecular complexity index is 1210. The number of amides is 4. The smallest absolute Gasteiger partial charge is 0.276 e. The molecule has 4 amide bonds. The summed E-state index contributed by atoms with van der Waals surface area (Å²) in [4.78, 5) is 42.3. The molecule has 1 N–H and O–H groups in total. The summed E-state index contributed by atoms with van der Waals surface area (Å²) in [5, 5.41) is 10.9. The van der Waals surface area contributed by atoms with Gasteiger partial charge in [0.25, 0.3) is 5.91 Å². The van der Waals surface area contributed by atoms with Crippen LogP contribution in [-0.2, 0) is 9.59 Å². The average molecular weight is 446 g/mol. The number of benzene rings is 3. The van der Waals surface area contributed by atoms with Crippen molar-refractivity contribution in [2.75, 3.05) is 4.90 Å². The van der Waals surface area contributed by atoms with E-state index < -0.39 is 23.8 Å². The number of rotatable bonds is 5. The van der Waals surface area contributed by atoms with Crippen molar-refractivity contribution in [2.24, 2.45) is 21.1 Å². The van der Waals surface area contributed by atoms with Crippen molar-refractivity contribution in [3.63, 3.8) is 0 Å². The number of anilines is 1. The van der Waals surface area contributed by atoms with Gasteiger partial charge in [-0.25, -0.2) is 9.69 Å². The largest absolute Gasteiger partial charge is 0.335 e. The molecule has 0 radical (unpaired) electrons. The molecular formula is C23H16ClN5O3. The van der Waals surface area contributed by atoms with E-state index in [1.165, 1.54) is 18.3 Å². The van der Waals surface area contributed by atoms with Crippen molar-refractivity contribution in [2.45, 2.75) is 0 Å². The van der Waals surface area contributed by atoms with Crippen LogP contribution in [0.1, 0.15) is 0 Å². The number of carbonyl (C=O) groups is 3. The number of urea groups is 1. The molecule has 3 aromatic carbocycles. The van der Waals surface area contributed by atoms with Gasteiger partial charge in [0.15, 0.2) is 5.92 Å². The second-order valence-electron chi connectivity index (χ2n) is 6.75. The van der Waals surface area contributed by atoms with Crippen LogP contribution < -0.4 is 10.2 Å². The zero-order valence-electron chi connectivity index (χ0n) is 16.6. The van der Waals surface area contributed by atoms with E-state index in [0.717, 1.165) is 10.6 Å². The van der Waals surface area contributed by atoms with E-state index in [1.807, 2.05) is 30.3 Å². The molecule has 0 spiro atoms. The van der Waals surface area contributed by atoms with Crippen LogP contribution in [0.2, 0.25) is 5.02 Å². The van der Waals surface area contributed by atoms with E-state index in [1.54, 1.807) is 36.4 Å². The number of hydrogen-bond donors (Lipinski definition) is 1. The number of azo groups is 1. The van der Waals surface area contributed by atoms with Gasteiger partial charge < -0.3 is 0 Å². The number of hydrogen-bond acceptors (Lipinski definition) is 6. The molecule has 1 saturated heterocycles. The summed E-state index contributed by atoms with van der Waals surface area (Å²) in [7, 11) is 0. The highest BCUT2D eigenvalue weighted by molar-refractivity contribution is 6.33. The fourth-order valence-corrected chi connectivity index (χ4v) is 3.06. The number of halogens is 1. The maximum atomic E-state index is 12.8. The molecule has 0 unspecified atom stereocenters. The summed E-state index contributed by atoms with van der Waals surface area (Å²) in [6, 6.07) is 21.4. The number of barbiturate groups is 1. The molecule has 3 aromatic rings. The van der Waals surface area contributed by atoms with Crippen molar-refractivity contribution in [3.05, 3.63) is 83.9 Å². The molecule has 1 aliphatic heterocycles. The maximum absolute atomic E-state index is 12.8. The van der Waals surface area contributed by atoms with Gasteiger partial charge in [-0.1, -0.05) is 29.8 Å². The van der Waals surface area contributed by atoms with Gasteiger partial charge in [0.1, 0.15) is 0 Å². The predicted molar refractivity (Wildman–Crippen MR) is 121 cm³/mol. The number of nitrogens with zero attached hydrogens (tertiary/aromatic N) is 4. The third-order valence-corrected chi connectivity index (χ3v) is 4.80. The van der Waals surface area contributed by atoms with Gasteiger partial charge in [-0.15, -0.1) is 0 Å². The summed E-state index contributed by atoms with van der Waals surface area (Å²) in [6.07, 6.45) is 1.22. The molecule has 32 heavy (non-hydrogen) atoms. The Kier molecular flexibility index (Phi) is 6.14. The van der Waals surface area contributed by atoms with Crippen LogP contribution in [-0.4, -0.2) is 24.1 Å². The highest BCUT2D eigenvalue weighted by Crippen LogP contribution is 2.24. The van der Waals surface area contributed by atoms with Gasteiger partial charge >= 0.3 is 6.03 Å². The molecule has 0 bridgehead atoms. The minimum absolute atomic E-state index is 0.302. The van der Waals surface area contributed by atoms with Crippen LogP contribution in [0.3, 0.4) is 0 Å². The highest BCUT2D eigenvalue weighted by atomic mass is 35.5. The van der Waals surface area contributed by atoms with Gasteiger partial charge in [-0.2, -0.15) is 10.2 Å². The van der Waals surface area contributed by atoms with E-state index in [9.17, 15) is 14.4 Å². The Morgan fingerprint density at radius 2 is 1.38 bits per heavy atom. The third kappa shape index (κ3) is 4.76. The number of imide groups is 2. The van der Waals surface area contributed by atoms with Gasteiger partial charge in [-0.3, -0.25) is 19.9 Å². The Hall–Kier alpha value is -4.17. The van der Waals surface area contributed by atoms with Crippen molar-refractivity contribution >= 4 is 58.4 Å². The van der Waals surface area contributed by atoms with Crippen LogP contribution in [0.25, 0.3) is 0 Å². The minimum Gasteiger partial charge on any atom is -0.276 e. The maximum Gasteiger partial charge on any atom is 0.335 e. The first-order chi connectivity index (χ1) is 15.5. The summed E-state index contributed by atoms with van der Waals surface area (Å²) in [5.41, 5.74) is 2.17. The molecule has 0 aromatic heterocycles. The van der Waals surface area contributed by atoms with Crippen LogP contribution >= 0.6 is 11.6 Å². The van der Waals surface area contributed by atoms with Crippen LogP contribution in [0.4, 0.5) is 27.5 Å². The van der Waals surface area contributed by atoms with E-state index in [0.29, 0.717) is 22.1 Å². The summed E-state index contributed by atoms with van der Waals surface area (Å²) in [6.45, 7) is 0. The first kappa shape index (κ1) is 21.1. The lowest BCUT2D eigenvalue weighted by Crippen LogP contribution is -2.58. The van der Waals surface area contributed by atoms with Crippen molar-refractivity contribution in [1.29, 1.82) is 0 Å². The molecule has 8 nitrogen and oxygen atoms in total. The Morgan fingerprint density at radius 3 is 2.03 bits per heavy atom. The fraction of sp³-hybridized carbons (Fsp3) is 0.0435. The molecule has 4 rings (SSSR count).